The van der Waals surface area contributed by atoms with E-state index in [1.165, 1.54) is 0 Å². The van der Waals surface area contributed by atoms with E-state index in [1.54, 1.807) is 14.0 Å². The molecule has 0 aliphatic carbocycles. The van der Waals surface area contributed by atoms with Crippen molar-refractivity contribution in [3.05, 3.63) is 10.4 Å². The molecule has 2 N–H and O–H groups in total. The molecule has 0 aromatic heterocycles. The fourth-order valence-corrected chi connectivity index (χ4v) is 0.259. The molecule has 0 unspecified atom stereocenters. The van der Waals surface area contributed by atoms with Crippen LogP contribution in [-0.4, -0.2) is 7.11 Å². The summed E-state index contributed by atoms with van der Waals surface area (Å²) in [5, 5.41) is 0. The summed E-state index contributed by atoms with van der Waals surface area (Å²) in [5.74, 6) is 0.708. The summed E-state index contributed by atoms with van der Waals surface area (Å²) in [6.07, 6.45) is 0. The van der Waals surface area contributed by atoms with Gasteiger partial charge in [0.2, 0.25) is 0 Å². The molecule has 0 aromatic carbocycles. The van der Waals surface area contributed by atoms with Crippen molar-refractivity contribution in [2.24, 2.45) is 5.73 Å². The quantitative estimate of drug-likeness (QED) is 0.468. The molecule has 0 spiro atoms. The van der Waals surface area contributed by atoms with Crippen LogP contribution in [-0.2, 0) is 4.74 Å². The van der Waals surface area contributed by atoms with Crippen LogP contribution < -0.4 is 5.73 Å². The van der Waals surface area contributed by atoms with Crippen LogP contribution in [0.1, 0.15) is 6.92 Å². The smallest absolute Gasteiger partial charge is 0.122 e. The van der Waals surface area contributed by atoms with Crippen molar-refractivity contribution in [1.82, 2.24) is 0 Å². The third-order valence-corrected chi connectivity index (χ3v) is 1.20. The average molecular weight is 166 g/mol. The molecule has 2 nitrogen and oxygen atoms in total. The number of hydrogen-bond acceptors (Lipinski definition) is 2. The predicted molar refractivity (Wildman–Crippen MR) is 32.8 cm³/mol. The van der Waals surface area contributed by atoms with Crippen molar-refractivity contribution in [2.45, 2.75) is 6.92 Å². The second-order valence-electron chi connectivity index (χ2n) is 1.11. The van der Waals surface area contributed by atoms with E-state index in [0.29, 0.717) is 10.4 Å². The van der Waals surface area contributed by atoms with Crippen molar-refractivity contribution in [2.75, 3.05) is 7.11 Å². The lowest BCUT2D eigenvalue weighted by atomic mass is 10.6. The Morgan fingerprint density at radius 2 is 2.14 bits per heavy atom. The van der Waals surface area contributed by atoms with Gasteiger partial charge >= 0.3 is 0 Å². The van der Waals surface area contributed by atoms with Crippen molar-refractivity contribution >= 4 is 15.9 Å². The Balaban J connectivity index is 3.72. The first-order valence-electron chi connectivity index (χ1n) is 1.84. The highest BCUT2D eigenvalue weighted by atomic mass is 79.9. The Morgan fingerprint density at radius 3 is 2.14 bits per heavy atom. The molecule has 0 radical (unpaired) electrons. The first kappa shape index (κ1) is 6.82. The molecule has 0 rings (SSSR count). The molecular formula is C4H8BrNO. The summed E-state index contributed by atoms with van der Waals surface area (Å²) in [7, 11) is 1.57. The van der Waals surface area contributed by atoms with E-state index in [4.69, 9.17) is 10.5 Å². The summed E-state index contributed by atoms with van der Waals surface area (Å²) in [5.41, 5.74) is 5.22. The lowest BCUT2D eigenvalue weighted by molar-refractivity contribution is 0.291. The molecule has 3 heteroatoms. The van der Waals surface area contributed by atoms with Crippen LogP contribution in [0.4, 0.5) is 0 Å². The molecule has 0 aromatic rings. The standard InChI is InChI=1S/C4H8BrNO/c1-3(7-2)4(5)6/h6H2,1-2H3/b4-3+. The Hall–Kier alpha value is -0.180. The number of hydrogen-bond donors (Lipinski definition) is 1. The highest BCUT2D eigenvalue weighted by Crippen LogP contribution is 2.03. The number of methoxy groups -OCH3 is 1. The predicted octanol–water partition coefficient (Wildman–Crippen LogP) is 1.18. The fraction of sp³-hybridized carbons (Fsp3) is 0.500. The van der Waals surface area contributed by atoms with Crippen LogP contribution in [0, 0.1) is 0 Å². The van der Waals surface area contributed by atoms with E-state index in [-0.39, 0.29) is 0 Å². The first-order valence-corrected chi connectivity index (χ1v) is 2.63. The molecular weight excluding hydrogens is 158 g/mol. The third kappa shape index (κ3) is 2.51. The molecule has 0 atom stereocenters. The van der Waals surface area contributed by atoms with Crippen LogP contribution >= 0.6 is 15.9 Å². The highest BCUT2D eigenvalue weighted by Gasteiger charge is 1.86. The third-order valence-electron chi connectivity index (χ3n) is 0.643. The number of allylic oxidation sites excluding steroid dienone is 1. The largest absolute Gasteiger partial charge is 0.499 e. The molecule has 0 bridgehead atoms. The van der Waals surface area contributed by atoms with E-state index in [9.17, 15) is 0 Å². The maximum absolute atomic E-state index is 5.22. The second kappa shape index (κ2) is 2.91. The van der Waals surface area contributed by atoms with Gasteiger partial charge in [0.25, 0.3) is 0 Å². The van der Waals surface area contributed by atoms with Crippen LogP contribution in [0.15, 0.2) is 10.4 Å². The van der Waals surface area contributed by atoms with Gasteiger partial charge in [-0.05, 0) is 22.9 Å². The molecule has 0 amide bonds. The Labute approximate surface area is 51.5 Å². The molecule has 42 valence electrons. The molecule has 0 saturated carbocycles. The molecule has 0 fully saturated rings. The second-order valence-corrected chi connectivity index (χ2v) is 1.96. The normalized spacial score (nSPS) is 13.0. The monoisotopic (exact) mass is 165 g/mol. The highest BCUT2D eigenvalue weighted by molar-refractivity contribution is 9.11. The van der Waals surface area contributed by atoms with E-state index < -0.39 is 0 Å². The number of rotatable bonds is 1. The molecule has 0 aliphatic rings. The lowest BCUT2D eigenvalue weighted by Gasteiger charge is -1.96. The summed E-state index contributed by atoms with van der Waals surface area (Å²) >= 11 is 3.03. The van der Waals surface area contributed by atoms with Gasteiger partial charge in [0.05, 0.1) is 7.11 Å². The number of ether oxygens (including phenoxy) is 1. The van der Waals surface area contributed by atoms with Crippen molar-refractivity contribution in [3.63, 3.8) is 0 Å². The van der Waals surface area contributed by atoms with Gasteiger partial charge in [-0.3, -0.25) is 0 Å². The SMILES string of the molecule is CO/C(C)=C(/N)Br. The Bertz CT molecular complexity index is 85.7. The van der Waals surface area contributed by atoms with E-state index in [2.05, 4.69) is 15.9 Å². The maximum atomic E-state index is 5.22. The average Bonchev–Trinajstić information content (AvgIpc) is 1.65. The lowest BCUT2D eigenvalue weighted by Crippen LogP contribution is -1.92. The van der Waals surface area contributed by atoms with Gasteiger partial charge in [-0.25, -0.2) is 0 Å². The van der Waals surface area contributed by atoms with E-state index in [1.807, 2.05) is 0 Å². The molecule has 0 saturated heterocycles. The molecule has 7 heavy (non-hydrogen) atoms. The van der Waals surface area contributed by atoms with Gasteiger partial charge in [0, 0.05) is 0 Å². The van der Waals surface area contributed by atoms with Crippen molar-refractivity contribution < 1.29 is 4.74 Å². The topological polar surface area (TPSA) is 35.2 Å². The van der Waals surface area contributed by atoms with Crippen LogP contribution in [0.2, 0.25) is 0 Å². The Morgan fingerprint density at radius 1 is 1.71 bits per heavy atom. The zero-order chi connectivity index (χ0) is 5.86. The summed E-state index contributed by atoms with van der Waals surface area (Å²) in [6, 6.07) is 0. The van der Waals surface area contributed by atoms with Gasteiger partial charge in [0.1, 0.15) is 10.4 Å². The van der Waals surface area contributed by atoms with Gasteiger partial charge in [0.15, 0.2) is 0 Å². The number of nitrogens with two attached hydrogens (primary N) is 1. The van der Waals surface area contributed by atoms with Crippen LogP contribution in [0.25, 0.3) is 0 Å². The van der Waals surface area contributed by atoms with Crippen molar-refractivity contribution in [3.8, 4) is 0 Å². The maximum Gasteiger partial charge on any atom is 0.122 e. The van der Waals surface area contributed by atoms with Gasteiger partial charge in [-0.1, -0.05) is 0 Å². The minimum atomic E-state index is 0.551. The first-order chi connectivity index (χ1) is 3.18. The zero-order valence-electron chi connectivity index (χ0n) is 4.36. The Kier molecular flexibility index (Phi) is 2.83. The number of halogens is 1. The molecule has 0 aliphatic heterocycles. The van der Waals surface area contributed by atoms with Gasteiger partial charge < -0.3 is 10.5 Å². The van der Waals surface area contributed by atoms with Crippen LogP contribution in [0.3, 0.4) is 0 Å². The van der Waals surface area contributed by atoms with E-state index >= 15 is 0 Å². The minimum absolute atomic E-state index is 0.551. The summed E-state index contributed by atoms with van der Waals surface area (Å²) in [4.78, 5) is 0. The van der Waals surface area contributed by atoms with Crippen molar-refractivity contribution in [1.29, 1.82) is 0 Å². The van der Waals surface area contributed by atoms with Crippen LogP contribution in [0.5, 0.6) is 0 Å². The van der Waals surface area contributed by atoms with E-state index in [0.717, 1.165) is 0 Å². The fourth-order valence-electron chi connectivity index (χ4n) is 0.0975. The summed E-state index contributed by atoms with van der Waals surface area (Å²) < 4.78 is 5.27. The van der Waals surface area contributed by atoms with Gasteiger partial charge in [-0.15, -0.1) is 0 Å². The summed E-state index contributed by atoms with van der Waals surface area (Å²) in [6.45, 7) is 1.78. The minimum Gasteiger partial charge on any atom is -0.499 e. The molecule has 0 heterocycles. The van der Waals surface area contributed by atoms with Gasteiger partial charge in [-0.2, -0.15) is 0 Å². The zero-order valence-corrected chi connectivity index (χ0v) is 5.95.